The zero-order valence-electron chi connectivity index (χ0n) is 11.4. The van der Waals surface area contributed by atoms with E-state index in [1.807, 2.05) is 6.92 Å². The predicted octanol–water partition coefficient (Wildman–Crippen LogP) is 2.25. The Morgan fingerprint density at radius 3 is 2.28 bits per heavy atom. The van der Waals surface area contributed by atoms with Gasteiger partial charge in [-0.1, -0.05) is 13.8 Å². The van der Waals surface area contributed by atoms with Crippen LogP contribution in [0.1, 0.15) is 41.0 Å². The molecule has 1 unspecified atom stereocenters. The van der Waals surface area contributed by atoms with Crippen molar-refractivity contribution in [3.05, 3.63) is 11.6 Å². The van der Waals surface area contributed by atoms with E-state index in [-0.39, 0.29) is 11.5 Å². The van der Waals surface area contributed by atoms with Crippen molar-refractivity contribution in [2.75, 3.05) is 0 Å². The molecule has 0 amide bonds. The number of hydrogen-bond donors (Lipinski definition) is 1. The Morgan fingerprint density at radius 2 is 1.89 bits per heavy atom. The van der Waals surface area contributed by atoms with Crippen molar-refractivity contribution in [2.45, 2.75) is 46.6 Å². The molecule has 104 valence electrons. The maximum absolute atomic E-state index is 11.6. The summed E-state index contributed by atoms with van der Waals surface area (Å²) in [5.41, 5.74) is -0.602. The van der Waals surface area contributed by atoms with E-state index in [2.05, 4.69) is 9.93 Å². The fraction of sp³-hybridized carbons (Fsp3) is 0.667. The molecule has 0 radical (unpaired) electrons. The van der Waals surface area contributed by atoms with Crippen molar-refractivity contribution in [3.8, 4) is 0 Å². The lowest BCUT2D eigenvalue weighted by Gasteiger charge is -2.16. The van der Waals surface area contributed by atoms with Crippen LogP contribution in [0.15, 0.2) is 11.6 Å². The van der Waals surface area contributed by atoms with E-state index in [1.54, 1.807) is 27.7 Å². The highest BCUT2D eigenvalue weighted by molar-refractivity contribution is 5.95. The fourth-order valence-corrected chi connectivity index (χ4v) is 0.953. The van der Waals surface area contributed by atoms with Crippen LogP contribution in [0.5, 0.6) is 0 Å². The van der Waals surface area contributed by atoms with Gasteiger partial charge in [0, 0.05) is 6.08 Å². The average Bonchev–Trinajstić information content (AvgIpc) is 2.22. The van der Waals surface area contributed by atoms with Gasteiger partial charge in [0.2, 0.25) is 0 Å². The molecule has 0 aromatic heterocycles. The Morgan fingerprint density at radius 1 is 1.33 bits per heavy atom. The monoisotopic (exact) mass is 260 g/mol. The standard InChI is InChI=1S/C12H20O6/c1-6-8(2)9(7-10(13)14)11(15)16-18-17-12(3,4)5/h7-8H,6H2,1-5H3,(H,13,14). The average molecular weight is 260 g/mol. The summed E-state index contributed by atoms with van der Waals surface area (Å²) < 4.78 is 0. The Bertz CT molecular complexity index is 326. The third-order valence-corrected chi connectivity index (χ3v) is 2.05. The quantitative estimate of drug-likeness (QED) is 0.448. The first-order valence-corrected chi connectivity index (χ1v) is 5.68. The van der Waals surface area contributed by atoms with Gasteiger partial charge in [-0.2, -0.15) is 4.89 Å². The largest absolute Gasteiger partial charge is 0.478 e. The van der Waals surface area contributed by atoms with Gasteiger partial charge in [-0.25, -0.2) is 9.59 Å². The molecule has 0 aliphatic heterocycles. The Labute approximate surface area is 106 Å². The Hall–Kier alpha value is -1.40. The highest BCUT2D eigenvalue weighted by Crippen LogP contribution is 2.17. The van der Waals surface area contributed by atoms with E-state index in [0.717, 1.165) is 6.08 Å². The molecule has 0 fully saturated rings. The van der Waals surface area contributed by atoms with Crippen LogP contribution in [-0.4, -0.2) is 22.6 Å². The van der Waals surface area contributed by atoms with Gasteiger partial charge >= 0.3 is 11.9 Å². The summed E-state index contributed by atoms with van der Waals surface area (Å²) in [7, 11) is 0. The van der Waals surface area contributed by atoms with Crippen LogP contribution >= 0.6 is 0 Å². The summed E-state index contributed by atoms with van der Waals surface area (Å²) in [5, 5.41) is 13.0. The van der Waals surface area contributed by atoms with Gasteiger partial charge in [0.1, 0.15) is 0 Å². The molecule has 0 heterocycles. The van der Waals surface area contributed by atoms with E-state index >= 15 is 0 Å². The summed E-state index contributed by atoms with van der Waals surface area (Å²) in [6, 6.07) is 0. The smallest absolute Gasteiger partial charge is 0.372 e. The first-order chi connectivity index (χ1) is 8.17. The Balaban J connectivity index is 4.55. The maximum atomic E-state index is 11.6. The van der Waals surface area contributed by atoms with Gasteiger partial charge in [0.25, 0.3) is 0 Å². The van der Waals surface area contributed by atoms with Crippen LogP contribution in [-0.2, 0) is 24.4 Å². The van der Waals surface area contributed by atoms with Crippen molar-refractivity contribution in [1.82, 2.24) is 0 Å². The lowest BCUT2D eigenvalue weighted by Crippen LogP contribution is -2.22. The molecular weight excluding hydrogens is 240 g/mol. The molecular formula is C12H20O6. The first-order valence-electron chi connectivity index (χ1n) is 5.68. The van der Waals surface area contributed by atoms with Crippen LogP contribution in [0, 0.1) is 5.92 Å². The maximum Gasteiger partial charge on any atom is 0.372 e. The van der Waals surface area contributed by atoms with Gasteiger partial charge in [0.15, 0.2) is 0 Å². The number of carbonyl (C=O) groups is 2. The van der Waals surface area contributed by atoms with Crippen LogP contribution in [0.3, 0.4) is 0 Å². The minimum absolute atomic E-state index is 0.0301. The normalized spacial score (nSPS) is 14.2. The van der Waals surface area contributed by atoms with Crippen molar-refractivity contribution in [2.24, 2.45) is 5.92 Å². The fourth-order valence-electron chi connectivity index (χ4n) is 0.953. The molecule has 18 heavy (non-hydrogen) atoms. The van der Waals surface area contributed by atoms with Crippen LogP contribution < -0.4 is 0 Å². The lowest BCUT2D eigenvalue weighted by atomic mass is 9.98. The highest BCUT2D eigenvalue weighted by Gasteiger charge is 2.21. The van der Waals surface area contributed by atoms with Gasteiger partial charge in [0.05, 0.1) is 11.2 Å². The lowest BCUT2D eigenvalue weighted by molar-refractivity contribution is -0.513. The summed E-state index contributed by atoms with van der Waals surface area (Å²) in [6.07, 6.45) is 1.42. The summed E-state index contributed by atoms with van der Waals surface area (Å²) in [5.74, 6) is -2.32. The zero-order chi connectivity index (χ0) is 14.3. The van der Waals surface area contributed by atoms with Crippen molar-refractivity contribution in [3.63, 3.8) is 0 Å². The number of carboxylic acids is 1. The number of hydrogen-bond acceptors (Lipinski definition) is 5. The number of aliphatic carboxylic acids is 1. The molecule has 0 aliphatic carbocycles. The Kier molecular flexibility index (Phi) is 6.57. The second kappa shape index (κ2) is 7.13. The molecule has 0 rings (SSSR count). The summed E-state index contributed by atoms with van der Waals surface area (Å²) in [4.78, 5) is 31.4. The van der Waals surface area contributed by atoms with Crippen molar-refractivity contribution >= 4 is 11.9 Å². The van der Waals surface area contributed by atoms with Crippen molar-refractivity contribution < 1.29 is 29.5 Å². The van der Waals surface area contributed by atoms with Crippen molar-refractivity contribution in [1.29, 1.82) is 0 Å². The van der Waals surface area contributed by atoms with E-state index in [0.29, 0.717) is 6.42 Å². The van der Waals surface area contributed by atoms with Crippen LogP contribution in [0.2, 0.25) is 0 Å². The topological polar surface area (TPSA) is 82.1 Å². The third-order valence-electron chi connectivity index (χ3n) is 2.05. The van der Waals surface area contributed by atoms with E-state index in [1.165, 1.54) is 0 Å². The van der Waals surface area contributed by atoms with Crippen LogP contribution in [0.25, 0.3) is 0 Å². The molecule has 6 heteroatoms. The van der Waals surface area contributed by atoms with Gasteiger partial charge in [-0.15, -0.1) is 0 Å². The SMILES string of the molecule is CCC(C)C(=CC(=O)O)C(=O)OOOC(C)(C)C. The first kappa shape index (κ1) is 16.6. The predicted molar refractivity (Wildman–Crippen MR) is 63.2 cm³/mol. The molecule has 1 atom stereocenters. The summed E-state index contributed by atoms with van der Waals surface area (Å²) in [6.45, 7) is 8.69. The van der Waals surface area contributed by atoms with Gasteiger partial charge in [-0.3, -0.25) is 4.89 Å². The minimum atomic E-state index is -1.21. The molecule has 0 aliphatic rings. The molecule has 0 spiro atoms. The van der Waals surface area contributed by atoms with E-state index in [9.17, 15) is 9.59 Å². The minimum Gasteiger partial charge on any atom is -0.478 e. The second-order valence-corrected chi connectivity index (χ2v) is 4.88. The number of carbonyl (C=O) groups excluding carboxylic acids is 1. The third kappa shape index (κ3) is 7.03. The number of carboxylic acid groups (broad SMARTS) is 1. The second-order valence-electron chi connectivity index (χ2n) is 4.88. The molecule has 0 bridgehead atoms. The number of rotatable bonds is 6. The van der Waals surface area contributed by atoms with Gasteiger partial charge < -0.3 is 5.11 Å². The van der Waals surface area contributed by atoms with E-state index < -0.39 is 17.5 Å². The molecule has 0 aromatic carbocycles. The zero-order valence-corrected chi connectivity index (χ0v) is 11.4. The van der Waals surface area contributed by atoms with Gasteiger partial charge in [-0.05, 0) is 38.1 Å². The highest BCUT2D eigenvalue weighted by atomic mass is 17.5. The molecule has 0 aromatic rings. The van der Waals surface area contributed by atoms with Crippen LogP contribution in [0.4, 0.5) is 0 Å². The van der Waals surface area contributed by atoms with E-state index in [4.69, 9.17) is 9.99 Å². The molecule has 0 saturated carbocycles. The molecule has 0 saturated heterocycles. The molecule has 1 N–H and O–H groups in total. The molecule has 6 nitrogen and oxygen atoms in total. The summed E-state index contributed by atoms with van der Waals surface area (Å²) >= 11 is 0.